The largest absolute Gasteiger partial charge is 0.424 e. The number of aromatic nitrogens is 3. The van der Waals surface area contributed by atoms with E-state index in [4.69, 9.17) is 10.2 Å². The highest BCUT2D eigenvalue weighted by atomic mass is 16.4. The summed E-state index contributed by atoms with van der Waals surface area (Å²) in [5, 5.41) is 0.471. The first-order valence-electron chi connectivity index (χ1n) is 4.27. The maximum atomic E-state index is 11.4. The van der Waals surface area contributed by atoms with Gasteiger partial charge in [-0.05, 0) is 6.07 Å². The van der Waals surface area contributed by atoms with Crippen LogP contribution >= 0.6 is 0 Å². The number of rotatable bonds is 0. The number of nitrogen functional groups attached to an aromatic ring is 1. The highest BCUT2D eigenvalue weighted by Gasteiger charge is 2.07. The average molecular weight is 202 g/mol. The summed E-state index contributed by atoms with van der Waals surface area (Å²) in [5.41, 5.74) is 6.84. The molecule has 0 unspecified atom stereocenters. The molecule has 0 fully saturated rings. The molecule has 15 heavy (non-hydrogen) atoms. The van der Waals surface area contributed by atoms with Crippen molar-refractivity contribution in [3.63, 3.8) is 0 Å². The fraction of sp³-hybridized carbons (Fsp3) is 0. The van der Waals surface area contributed by atoms with Gasteiger partial charge in [0.1, 0.15) is 5.52 Å². The molecular formula is C9H6N4O2. The van der Waals surface area contributed by atoms with Gasteiger partial charge in [-0.1, -0.05) is 0 Å². The van der Waals surface area contributed by atoms with Crippen molar-refractivity contribution < 1.29 is 4.42 Å². The molecule has 74 valence electrons. The van der Waals surface area contributed by atoms with Gasteiger partial charge in [-0.3, -0.25) is 4.79 Å². The lowest BCUT2D eigenvalue weighted by atomic mass is 10.2. The van der Waals surface area contributed by atoms with E-state index in [9.17, 15) is 4.79 Å². The number of H-pyrrole nitrogens is 1. The number of anilines is 1. The Kier molecular flexibility index (Phi) is 1.37. The van der Waals surface area contributed by atoms with E-state index in [2.05, 4.69) is 15.0 Å². The predicted molar refractivity (Wildman–Crippen MR) is 54.3 cm³/mol. The summed E-state index contributed by atoms with van der Waals surface area (Å²) < 4.78 is 5.13. The SMILES string of the molecule is Nc1nc2cc3c(=O)[nH]cnc3cc2o1. The van der Waals surface area contributed by atoms with E-state index < -0.39 is 0 Å². The van der Waals surface area contributed by atoms with E-state index in [0.717, 1.165) is 0 Å². The summed E-state index contributed by atoms with van der Waals surface area (Å²) in [6.07, 6.45) is 1.34. The lowest BCUT2D eigenvalue weighted by molar-refractivity contribution is 0.626. The van der Waals surface area contributed by atoms with Crippen molar-refractivity contribution >= 4 is 28.0 Å². The van der Waals surface area contributed by atoms with Crippen molar-refractivity contribution in [1.82, 2.24) is 15.0 Å². The molecule has 0 saturated heterocycles. The van der Waals surface area contributed by atoms with E-state index >= 15 is 0 Å². The van der Waals surface area contributed by atoms with Crippen molar-refractivity contribution in [3.8, 4) is 0 Å². The number of nitrogens with two attached hydrogens (primary N) is 1. The van der Waals surface area contributed by atoms with Crippen LogP contribution < -0.4 is 11.3 Å². The standard InChI is InChI=1S/C9H6N4O2/c10-9-13-6-1-4-5(2-7(6)15-9)11-3-12-8(4)14/h1-3H,(H2,10,13)(H,11,12,14). The maximum Gasteiger partial charge on any atom is 0.292 e. The number of nitrogens with one attached hydrogen (secondary N) is 1. The lowest BCUT2D eigenvalue weighted by Crippen LogP contribution is -2.05. The van der Waals surface area contributed by atoms with E-state index in [1.54, 1.807) is 12.1 Å². The van der Waals surface area contributed by atoms with Crippen LogP contribution in [0.2, 0.25) is 0 Å². The van der Waals surface area contributed by atoms with Crippen molar-refractivity contribution in [2.45, 2.75) is 0 Å². The highest BCUT2D eigenvalue weighted by Crippen LogP contribution is 2.20. The second-order valence-electron chi connectivity index (χ2n) is 3.12. The molecule has 0 bridgehead atoms. The Morgan fingerprint density at radius 3 is 3.07 bits per heavy atom. The molecule has 2 heterocycles. The van der Waals surface area contributed by atoms with Gasteiger partial charge in [0.05, 0.1) is 17.2 Å². The monoisotopic (exact) mass is 202 g/mol. The normalized spacial score (nSPS) is 11.2. The molecule has 0 saturated carbocycles. The van der Waals surface area contributed by atoms with Crippen LogP contribution in [0.3, 0.4) is 0 Å². The van der Waals surface area contributed by atoms with Crippen LogP contribution in [0.15, 0.2) is 27.7 Å². The van der Waals surface area contributed by atoms with Crippen LogP contribution in [-0.4, -0.2) is 15.0 Å². The van der Waals surface area contributed by atoms with Crippen LogP contribution in [0.4, 0.5) is 6.01 Å². The third-order valence-corrected chi connectivity index (χ3v) is 2.17. The molecule has 3 rings (SSSR count). The van der Waals surface area contributed by atoms with Crippen LogP contribution in [0, 0.1) is 0 Å². The summed E-state index contributed by atoms with van der Waals surface area (Å²) in [6, 6.07) is 3.33. The molecule has 0 radical (unpaired) electrons. The Labute approximate surface area is 82.7 Å². The van der Waals surface area contributed by atoms with Crippen LogP contribution in [0.1, 0.15) is 0 Å². The van der Waals surface area contributed by atoms with Crippen molar-refractivity contribution in [2.24, 2.45) is 0 Å². The average Bonchev–Trinajstić information content (AvgIpc) is 2.55. The fourth-order valence-electron chi connectivity index (χ4n) is 1.51. The molecule has 0 spiro atoms. The number of oxazole rings is 1. The van der Waals surface area contributed by atoms with Crippen molar-refractivity contribution in [2.75, 3.05) is 5.73 Å². The molecule has 0 amide bonds. The molecule has 0 aliphatic carbocycles. The second kappa shape index (κ2) is 2.57. The van der Waals surface area contributed by atoms with Crippen LogP contribution in [-0.2, 0) is 0 Å². The summed E-state index contributed by atoms with van der Waals surface area (Å²) >= 11 is 0. The minimum Gasteiger partial charge on any atom is -0.424 e. The number of nitrogens with zero attached hydrogens (tertiary/aromatic N) is 2. The van der Waals surface area contributed by atoms with Gasteiger partial charge < -0.3 is 15.1 Å². The maximum absolute atomic E-state index is 11.4. The third-order valence-electron chi connectivity index (χ3n) is 2.17. The van der Waals surface area contributed by atoms with Crippen molar-refractivity contribution in [3.05, 3.63) is 28.8 Å². The molecular weight excluding hydrogens is 196 g/mol. The molecule has 6 heteroatoms. The predicted octanol–water partition coefficient (Wildman–Crippen LogP) is 0.646. The molecule has 0 atom stereocenters. The van der Waals surface area contributed by atoms with Gasteiger partial charge >= 0.3 is 0 Å². The fourth-order valence-corrected chi connectivity index (χ4v) is 1.51. The molecule has 2 aromatic heterocycles. The molecule has 0 aliphatic rings. The first-order chi connectivity index (χ1) is 7.24. The number of fused-ring (bicyclic) bond motifs is 2. The first kappa shape index (κ1) is 7.98. The minimum atomic E-state index is -0.205. The summed E-state index contributed by atoms with van der Waals surface area (Å²) in [7, 11) is 0. The minimum absolute atomic E-state index is 0.0803. The summed E-state index contributed by atoms with van der Waals surface area (Å²) in [6.45, 7) is 0. The Hall–Kier alpha value is -2.37. The molecule has 1 aromatic carbocycles. The summed E-state index contributed by atoms with van der Waals surface area (Å²) in [5.74, 6) is 0. The Bertz CT molecular complexity index is 713. The Balaban J connectivity index is 2.58. The van der Waals surface area contributed by atoms with Crippen molar-refractivity contribution in [1.29, 1.82) is 0 Å². The topological polar surface area (TPSA) is 97.8 Å². The van der Waals surface area contributed by atoms with Gasteiger partial charge in [-0.15, -0.1) is 0 Å². The second-order valence-corrected chi connectivity index (χ2v) is 3.12. The summed E-state index contributed by atoms with van der Waals surface area (Å²) in [4.78, 5) is 21.9. The van der Waals surface area contributed by atoms with Crippen LogP contribution in [0.25, 0.3) is 22.0 Å². The molecule has 0 aliphatic heterocycles. The molecule has 3 N–H and O–H groups in total. The van der Waals surface area contributed by atoms with Gasteiger partial charge in [0.15, 0.2) is 5.58 Å². The number of hydrogen-bond acceptors (Lipinski definition) is 5. The van der Waals surface area contributed by atoms with E-state index in [-0.39, 0.29) is 11.6 Å². The Morgan fingerprint density at radius 2 is 2.20 bits per heavy atom. The van der Waals surface area contributed by atoms with Gasteiger partial charge in [-0.25, -0.2) is 4.98 Å². The smallest absolute Gasteiger partial charge is 0.292 e. The van der Waals surface area contributed by atoms with E-state index in [1.807, 2.05) is 0 Å². The highest BCUT2D eigenvalue weighted by molar-refractivity contribution is 5.91. The zero-order valence-electron chi connectivity index (χ0n) is 7.52. The van der Waals surface area contributed by atoms with Gasteiger partial charge in [0, 0.05) is 6.07 Å². The third kappa shape index (κ3) is 1.08. The Morgan fingerprint density at radius 1 is 1.33 bits per heavy atom. The lowest BCUT2D eigenvalue weighted by Gasteiger charge is -1.93. The molecule has 3 aromatic rings. The number of hydrogen-bond donors (Lipinski definition) is 2. The van der Waals surface area contributed by atoms with Gasteiger partial charge in [0.25, 0.3) is 11.6 Å². The zero-order valence-corrected chi connectivity index (χ0v) is 7.52. The quantitative estimate of drug-likeness (QED) is 0.557. The van der Waals surface area contributed by atoms with Gasteiger partial charge in [-0.2, -0.15) is 4.98 Å². The van der Waals surface area contributed by atoms with E-state index in [0.29, 0.717) is 22.0 Å². The molecule has 6 nitrogen and oxygen atoms in total. The number of benzene rings is 1. The first-order valence-corrected chi connectivity index (χ1v) is 4.27. The van der Waals surface area contributed by atoms with E-state index in [1.165, 1.54) is 6.33 Å². The van der Waals surface area contributed by atoms with Gasteiger partial charge in [0.2, 0.25) is 0 Å². The van der Waals surface area contributed by atoms with Crippen LogP contribution in [0.5, 0.6) is 0 Å². The zero-order chi connectivity index (χ0) is 10.4. The number of aromatic amines is 1.